The Balaban J connectivity index is 1.81. The van der Waals surface area contributed by atoms with Crippen LogP contribution in [-0.2, 0) is 4.74 Å². The summed E-state index contributed by atoms with van der Waals surface area (Å²) in [5.74, 6) is 0.683. The zero-order valence-electron chi connectivity index (χ0n) is 15.0. The smallest absolute Gasteiger partial charge is 0.191 e. The van der Waals surface area contributed by atoms with Gasteiger partial charge < -0.3 is 26.6 Å². The first-order valence-corrected chi connectivity index (χ1v) is 8.86. The molecule has 1 aliphatic carbocycles. The highest BCUT2D eigenvalue weighted by Crippen LogP contribution is 2.25. The van der Waals surface area contributed by atoms with Gasteiger partial charge in [-0.25, -0.2) is 0 Å². The molecule has 140 valence electrons. The maximum Gasteiger partial charge on any atom is 0.191 e. The maximum atomic E-state index is 9.92. The van der Waals surface area contributed by atoms with Gasteiger partial charge >= 0.3 is 0 Å². The third kappa shape index (κ3) is 4.82. The molecule has 27 heavy (non-hydrogen) atoms. The number of amidine groups is 1. The lowest BCUT2D eigenvalue weighted by molar-refractivity contribution is 0.0445. The minimum absolute atomic E-state index is 0.0783. The Morgan fingerprint density at radius 1 is 1.26 bits per heavy atom. The normalized spacial score (nSPS) is 19.3. The quantitative estimate of drug-likeness (QED) is 0.302. The van der Waals surface area contributed by atoms with Crippen molar-refractivity contribution in [2.75, 3.05) is 0 Å². The van der Waals surface area contributed by atoms with Gasteiger partial charge in [-0.15, -0.1) is 0 Å². The predicted molar refractivity (Wildman–Crippen MR) is 107 cm³/mol. The van der Waals surface area contributed by atoms with E-state index in [0.717, 1.165) is 24.3 Å². The first kappa shape index (κ1) is 18.4. The maximum absolute atomic E-state index is 9.92. The number of phenols is 1. The first-order valence-electron chi connectivity index (χ1n) is 8.86. The summed E-state index contributed by atoms with van der Waals surface area (Å²) in [7, 11) is 0. The number of aromatic hydroxyl groups is 1. The van der Waals surface area contributed by atoms with Crippen LogP contribution in [0.3, 0.4) is 0 Å². The predicted octanol–water partition coefficient (Wildman–Crippen LogP) is 3.01. The molecule has 3 rings (SSSR count). The molecule has 7 N–H and O–H groups in total. The molecule has 0 spiro atoms. The summed E-state index contributed by atoms with van der Waals surface area (Å²) in [6, 6.07) is 6.77. The molecule has 1 fully saturated rings. The van der Waals surface area contributed by atoms with E-state index in [9.17, 15) is 5.11 Å². The number of para-hydroxylation sites is 1. The lowest BCUT2D eigenvalue weighted by Gasteiger charge is -2.28. The van der Waals surface area contributed by atoms with Gasteiger partial charge in [-0.05, 0) is 49.1 Å². The Bertz CT molecular complexity index is 874. The number of rotatable bonds is 6. The molecular weight excluding hydrogens is 340 g/mol. The summed E-state index contributed by atoms with van der Waals surface area (Å²) >= 11 is 0. The topological polar surface area (TPSA) is 117 Å². The minimum atomic E-state index is -0.113. The van der Waals surface area contributed by atoms with Crippen LogP contribution in [-0.4, -0.2) is 17.0 Å². The molecule has 0 atom stereocenters. The van der Waals surface area contributed by atoms with Crippen LogP contribution in [0.25, 0.3) is 5.70 Å². The van der Waals surface area contributed by atoms with Crippen LogP contribution < -0.4 is 16.8 Å². The number of phenolic OH excluding ortho intramolecular Hbond substituents is 1. The molecule has 0 saturated heterocycles. The molecule has 6 nitrogen and oxygen atoms in total. The highest BCUT2D eigenvalue weighted by atomic mass is 16.5. The monoisotopic (exact) mass is 364 g/mol. The van der Waals surface area contributed by atoms with E-state index in [1.54, 1.807) is 36.4 Å². The van der Waals surface area contributed by atoms with Gasteiger partial charge in [0.2, 0.25) is 0 Å². The molecule has 1 heterocycles. The zero-order valence-corrected chi connectivity index (χ0v) is 15.0. The molecule has 1 aliphatic heterocycles. The molecule has 0 bridgehead atoms. The second kappa shape index (κ2) is 8.31. The van der Waals surface area contributed by atoms with Crippen molar-refractivity contribution in [1.82, 2.24) is 5.32 Å². The third-order valence-corrected chi connectivity index (χ3v) is 4.44. The van der Waals surface area contributed by atoms with Crippen LogP contribution in [0.4, 0.5) is 0 Å². The molecule has 1 saturated carbocycles. The fraction of sp³-hybridized carbons (Fsp3) is 0.190. The van der Waals surface area contributed by atoms with Crippen molar-refractivity contribution >= 4 is 11.5 Å². The Morgan fingerprint density at radius 2 is 2.04 bits per heavy atom. The van der Waals surface area contributed by atoms with Crippen molar-refractivity contribution in [2.45, 2.75) is 25.4 Å². The first-order chi connectivity index (χ1) is 13.0. The van der Waals surface area contributed by atoms with Crippen molar-refractivity contribution in [2.24, 2.45) is 11.5 Å². The molecule has 0 aromatic heterocycles. The van der Waals surface area contributed by atoms with Crippen LogP contribution in [0.1, 0.15) is 24.8 Å². The highest BCUT2D eigenvalue weighted by Gasteiger charge is 2.20. The van der Waals surface area contributed by atoms with Crippen LogP contribution >= 0.6 is 0 Å². The second-order valence-electron chi connectivity index (χ2n) is 6.48. The summed E-state index contributed by atoms with van der Waals surface area (Å²) in [4.78, 5) is 0. The molecule has 1 aromatic carbocycles. The average molecular weight is 364 g/mol. The summed E-state index contributed by atoms with van der Waals surface area (Å²) in [5, 5.41) is 20.8. The van der Waals surface area contributed by atoms with E-state index in [1.807, 2.05) is 24.4 Å². The number of ether oxygens (including phenoxy) is 1. The second-order valence-corrected chi connectivity index (χ2v) is 6.48. The Hall–Kier alpha value is -3.41. The Labute approximate surface area is 158 Å². The number of nitrogens with one attached hydrogen (secondary N) is 2. The van der Waals surface area contributed by atoms with Crippen LogP contribution in [0.15, 0.2) is 77.9 Å². The molecule has 0 radical (unpaired) electrons. The van der Waals surface area contributed by atoms with E-state index in [2.05, 4.69) is 5.32 Å². The molecule has 2 aliphatic rings. The SMILES string of the molecule is N=C(N)C(=C\C=C1/C=CNC(OC2CCC2)=C1)/C=C(\N)c1ccccc1O. The largest absolute Gasteiger partial charge is 0.507 e. The standard InChI is InChI=1S/C21H24N4O2/c22-18(17-6-1-2-7-19(17)26)13-15(21(23)24)9-8-14-10-11-25-20(12-14)27-16-4-3-5-16/h1-2,6-13,16,25-26H,3-5,22H2,(H3,23,24)/b14-8+,15-9-,18-13-. The Kier molecular flexibility index (Phi) is 5.66. The van der Waals surface area contributed by atoms with Crippen LogP contribution in [0, 0.1) is 5.41 Å². The number of dihydropyridines is 1. The summed E-state index contributed by atoms with van der Waals surface area (Å²) < 4.78 is 5.86. The third-order valence-electron chi connectivity index (χ3n) is 4.44. The molecule has 6 heteroatoms. The minimum Gasteiger partial charge on any atom is -0.507 e. The van der Waals surface area contributed by atoms with E-state index < -0.39 is 0 Å². The van der Waals surface area contributed by atoms with Crippen molar-refractivity contribution < 1.29 is 9.84 Å². The molecular formula is C21H24N4O2. The lowest BCUT2D eigenvalue weighted by atomic mass is 9.96. The van der Waals surface area contributed by atoms with E-state index >= 15 is 0 Å². The van der Waals surface area contributed by atoms with Crippen molar-refractivity contribution in [3.8, 4) is 5.75 Å². The van der Waals surface area contributed by atoms with Gasteiger partial charge in [0.1, 0.15) is 17.7 Å². The lowest BCUT2D eigenvalue weighted by Crippen LogP contribution is -2.25. The zero-order chi connectivity index (χ0) is 19.2. The number of hydrogen-bond acceptors (Lipinski definition) is 5. The van der Waals surface area contributed by atoms with E-state index in [-0.39, 0.29) is 11.6 Å². The van der Waals surface area contributed by atoms with Gasteiger partial charge in [-0.2, -0.15) is 0 Å². The number of benzene rings is 1. The van der Waals surface area contributed by atoms with Gasteiger partial charge in [-0.3, -0.25) is 5.41 Å². The highest BCUT2D eigenvalue weighted by molar-refractivity contribution is 5.99. The molecule has 0 amide bonds. The summed E-state index contributed by atoms with van der Waals surface area (Å²) in [6.07, 6.45) is 14.4. The van der Waals surface area contributed by atoms with Gasteiger partial charge in [0.05, 0.1) is 0 Å². The van der Waals surface area contributed by atoms with E-state index in [1.165, 1.54) is 6.42 Å². The van der Waals surface area contributed by atoms with Crippen LogP contribution in [0.2, 0.25) is 0 Å². The van der Waals surface area contributed by atoms with Gasteiger partial charge in [0.25, 0.3) is 0 Å². The van der Waals surface area contributed by atoms with Crippen LogP contribution in [0.5, 0.6) is 5.75 Å². The van der Waals surface area contributed by atoms with Gasteiger partial charge in [0.15, 0.2) is 5.88 Å². The van der Waals surface area contributed by atoms with Crippen molar-refractivity contribution in [1.29, 1.82) is 5.41 Å². The molecule has 0 unspecified atom stereocenters. The summed E-state index contributed by atoms with van der Waals surface area (Å²) in [6.45, 7) is 0. The average Bonchev–Trinajstić information content (AvgIpc) is 2.62. The number of allylic oxidation sites excluding steroid dienone is 5. The number of hydrogen-bond donors (Lipinski definition) is 5. The Morgan fingerprint density at radius 3 is 2.70 bits per heavy atom. The fourth-order valence-electron chi connectivity index (χ4n) is 2.67. The van der Waals surface area contributed by atoms with Crippen molar-refractivity contribution in [3.05, 3.63) is 83.4 Å². The van der Waals surface area contributed by atoms with E-state index in [0.29, 0.717) is 22.9 Å². The molecule has 1 aromatic rings. The number of nitrogens with two attached hydrogens (primary N) is 2. The summed E-state index contributed by atoms with van der Waals surface area (Å²) in [5.41, 5.74) is 14.0. The van der Waals surface area contributed by atoms with E-state index in [4.69, 9.17) is 21.6 Å². The van der Waals surface area contributed by atoms with Crippen molar-refractivity contribution in [3.63, 3.8) is 0 Å². The van der Waals surface area contributed by atoms with Gasteiger partial charge in [0, 0.05) is 29.1 Å². The van der Waals surface area contributed by atoms with Gasteiger partial charge in [-0.1, -0.05) is 24.3 Å². The fourth-order valence-corrected chi connectivity index (χ4v) is 2.67.